The second-order valence-electron chi connectivity index (χ2n) is 11.5. The van der Waals surface area contributed by atoms with Gasteiger partial charge in [0.05, 0.1) is 44.2 Å². The van der Waals surface area contributed by atoms with Crippen molar-refractivity contribution in [1.29, 1.82) is 0 Å². The van der Waals surface area contributed by atoms with Crippen LogP contribution < -0.4 is 10.6 Å². The highest BCUT2D eigenvalue weighted by Gasteiger charge is 2.45. The van der Waals surface area contributed by atoms with Gasteiger partial charge in [-0.25, -0.2) is 0 Å². The van der Waals surface area contributed by atoms with Gasteiger partial charge < -0.3 is 19.5 Å². The second kappa shape index (κ2) is 15.2. The maximum Gasteiger partial charge on any atom is 0.264 e. The molecule has 4 aromatic carbocycles. The van der Waals surface area contributed by atoms with Gasteiger partial charge in [-0.15, -0.1) is 0 Å². The van der Waals surface area contributed by atoms with Gasteiger partial charge in [0.2, 0.25) is 11.8 Å². The number of imide groups is 2. The molecule has 4 aromatic rings. The average molecular weight is 648 g/mol. The highest BCUT2D eigenvalue weighted by molar-refractivity contribution is 6.25. The van der Waals surface area contributed by atoms with Crippen LogP contribution in [0.5, 0.6) is 0 Å². The topological polar surface area (TPSA) is 123 Å². The number of anilines is 1. The van der Waals surface area contributed by atoms with Gasteiger partial charge >= 0.3 is 0 Å². The monoisotopic (exact) mass is 647 g/mol. The van der Waals surface area contributed by atoms with E-state index in [0.29, 0.717) is 45.3 Å². The van der Waals surface area contributed by atoms with Gasteiger partial charge in [-0.3, -0.25) is 29.4 Å². The number of nitrogens with zero attached hydrogens (tertiary/aromatic N) is 1. The van der Waals surface area contributed by atoms with Gasteiger partial charge in [-0.05, 0) is 35.2 Å². The van der Waals surface area contributed by atoms with Crippen LogP contribution in [0.3, 0.4) is 0 Å². The van der Waals surface area contributed by atoms with Gasteiger partial charge in [0.15, 0.2) is 0 Å². The van der Waals surface area contributed by atoms with Crippen molar-refractivity contribution < 1.29 is 33.4 Å². The third-order valence-corrected chi connectivity index (χ3v) is 8.49. The fourth-order valence-electron chi connectivity index (χ4n) is 6.26. The largest absolute Gasteiger partial charge is 0.382 e. The van der Waals surface area contributed by atoms with E-state index >= 15 is 0 Å². The number of piperidine rings is 1. The lowest BCUT2D eigenvalue weighted by molar-refractivity contribution is -0.136. The molecule has 1 saturated heterocycles. The predicted molar refractivity (Wildman–Crippen MR) is 178 cm³/mol. The first-order valence-corrected chi connectivity index (χ1v) is 16.0. The fraction of sp³-hybridized carbons (Fsp3) is 0.263. The maximum absolute atomic E-state index is 13.3. The number of nitrogens with one attached hydrogen (secondary N) is 2. The minimum absolute atomic E-state index is 0.0683. The number of hydrogen-bond acceptors (Lipinski definition) is 8. The summed E-state index contributed by atoms with van der Waals surface area (Å²) in [5, 5.41) is 5.38. The van der Waals surface area contributed by atoms with Crippen molar-refractivity contribution in [3.8, 4) is 0 Å². The van der Waals surface area contributed by atoms with E-state index in [1.165, 1.54) is 0 Å². The Morgan fingerprint density at radius 3 is 1.81 bits per heavy atom. The first kappa shape index (κ1) is 32.8. The highest BCUT2D eigenvalue weighted by atomic mass is 16.5. The van der Waals surface area contributed by atoms with Crippen LogP contribution in [0.15, 0.2) is 109 Å². The normalized spacial score (nSPS) is 16.2. The van der Waals surface area contributed by atoms with E-state index in [9.17, 15) is 19.2 Å². The van der Waals surface area contributed by atoms with Crippen molar-refractivity contribution in [3.63, 3.8) is 0 Å². The summed E-state index contributed by atoms with van der Waals surface area (Å²) in [4.78, 5) is 51.2. The fourth-order valence-corrected chi connectivity index (χ4v) is 6.26. The van der Waals surface area contributed by atoms with E-state index in [-0.39, 0.29) is 24.0 Å². The third kappa shape index (κ3) is 6.77. The Balaban J connectivity index is 0.979. The van der Waals surface area contributed by atoms with Crippen molar-refractivity contribution in [2.75, 3.05) is 44.9 Å². The van der Waals surface area contributed by atoms with Gasteiger partial charge in [-0.2, -0.15) is 0 Å². The molecule has 1 unspecified atom stereocenters. The zero-order chi connectivity index (χ0) is 33.3. The maximum atomic E-state index is 13.3. The predicted octanol–water partition coefficient (Wildman–Crippen LogP) is 4.54. The van der Waals surface area contributed by atoms with Crippen LogP contribution in [-0.2, 0) is 29.4 Å². The van der Waals surface area contributed by atoms with Crippen LogP contribution in [-0.4, -0.2) is 74.1 Å². The Bertz CT molecular complexity index is 1650. The van der Waals surface area contributed by atoms with Crippen LogP contribution in [0.1, 0.15) is 50.2 Å². The Hall–Kier alpha value is -5.16. The molecule has 10 heteroatoms. The highest BCUT2D eigenvalue weighted by Crippen LogP contribution is 2.40. The zero-order valence-corrected chi connectivity index (χ0v) is 26.4. The summed E-state index contributed by atoms with van der Waals surface area (Å²) in [5.41, 5.74) is 3.19. The Kier molecular flexibility index (Phi) is 10.4. The molecule has 0 aliphatic carbocycles. The molecule has 1 fully saturated rings. The van der Waals surface area contributed by atoms with Crippen LogP contribution >= 0.6 is 0 Å². The average Bonchev–Trinajstić information content (AvgIpc) is 3.38. The molecule has 4 amide bonds. The van der Waals surface area contributed by atoms with Crippen LogP contribution in [0.4, 0.5) is 5.69 Å². The van der Waals surface area contributed by atoms with Crippen molar-refractivity contribution in [3.05, 3.63) is 137 Å². The Labute approximate surface area is 279 Å². The Morgan fingerprint density at radius 2 is 1.23 bits per heavy atom. The molecule has 0 spiro atoms. The van der Waals surface area contributed by atoms with Crippen molar-refractivity contribution in [2.45, 2.75) is 24.5 Å². The number of hydrogen-bond donors (Lipinski definition) is 2. The molecular formula is C38H37N3O7. The molecule has 2 heterocycles. The summed E-state index contributed by atoms with van der Waals surface area (Å²) < 4.78 is 18.3. The van der Waals surface area contributed by atoms with Crippen molar-refractivity contribution in [1.82, 2.24) is 10.2 Å². The lowest BCUT2D eigenvalue weighted by Gasteiger charge is -2.36. The first-order valence-electron chi connectivity index (χ1n) is 16.0. The number of benzene rings is 4. The minimum Gasteiger partial charge on any atom is -0.382 e. The van der Waals surface area contributed by atoms with Crippen LogP contribution in [0.2, 0.25) is 0 Å². The van der Waals surface area contributed by atoms with E-state index in [0.717, 1.165) is 21.6 Å². The molecule has 2 N–H and O–H groups in total. The third-order valence-electron chi connectivity index (χ3n) is 8.49. The summed E-state index contributed by atoms with van der Waals surface area (Å²) >= 11 is 0. The minimum atomic E-state index is -1.01. The summed E-state index contributed by atoms with van der Waals surface area (Å²) in [5.74, 6) is -2.15. The lowest BCUT2D eigenvalue weighted by atomic mass is 9.80. The lowest BCUT2D eigenvalue weighted by Crippen LogP contribution is -2.54. The van der Waals surface area contributed by atoms with Crippen LogP contribution in [0.25, 0.3) is 0 Å². The number of carbonyl (C=O) groups excluding carboxylic acids is 4. The SMILES string of the molecule is O=C1CCC(N2C(=O)c3cccc(NCCOCCOCCOC(c4ccccc4)(c4ccccc4)c4ccccc4)c3C2=O)C(=O)N1. The quantitative estimate of drug-likeness (QED) is 0.110. The number of amides is 4. The van der Waals surface area contributed by atoms with Gasteiger partial charge in [-0.1, -0.05) is 97.1 Å². The summed E-state index contributed by atoms with van der Waals surface area (Å²) in [6, 6.07) is 34.5. The number of ether oxygens (including phenoxy) is 3. The van der Waals surface area contributed by atoms with E-state index in [4.69, 9.17) is 14.2 Å². The van der Waals surface area contributed by atoms with E-state index in [1.54, 1.807) is 18.2 Å². The van der Waals surface area contributed by atoms with Crippen molar-refractivity contribution in [2.24, 2.45) is 0 Å². The summed E-state index contributed by atoms with van der Waals surface area (Å²) in [7, 11) is 0. The smallest absolute Gasteiger partial charge is 0.264 e. The van der Waals surface area contributed by atoms with Crippen LogP contribution in [0, 0.1) is 0 Å². The molecule has 2 aliphatic heterocycles. The molecule has 6 rings (SSSR count). The van der Waals surface area contributed by atoms with Gasteiger partial charge in [0, 0.05) is 18.7 Å². The molecule has 2 aliphatic rings. The molecule has 0 radical (unpaired) electrons. The second-order valence-corrected chi connectivity index (χ2v) is 11.5. The number of rotatable bonds is 15. The Morgan fingerprint density at radius 1 is 0.667 bits per heavy atom. The zero-order valence-electron chi connectivity index (χ0n) is 26.4. The molecule has 246 valence electrons. The number of fused-ring (bicyclic) bond motifs is 1. The standard InChI is InChI=1S/C38H37N3O7/c42-33-20-19-32(35(43)40-33)41-36(44)30-17-10-18-31(34(30)37(41)45)39-21-22-46-23-24-47-25-26-48-38(27-11-4-1-5-12-27,28-13-6-2-7-14-28)29-15-8-3-9-16-29/h1-18,32,39H,19-26H2,(H,40,42,43). The van der Waals surface area contributed by atoms with Crippen molar-refractivity contribution >= 4 is 29.3 Å². The molecule has 1 atom stereocenters. The van der Waals surface area contributed by atoms with E-state index in [2.05, 4.69) is 47.0 Å². The molecule has 0 aromatic heterocycles. The molecule has 0 saturated carbocycles. The molecule has 48 heavy (non-hydrogen) atoms. The first-order chi connectivity index (χ1) is 23.5. The number of carbonyl (C=O) groups is 4. The molecule has 10 nitrogen and oxygen atoms in total. The molecular weight excluding hydrogens is 610 g/mol. The van der Waals surface area contributed by atoms with Gasteiger partial charge in [0.25, 0.3) is 11.8 Å². The van der Waals surface area contributed by atoms with Gasteiger partial charge in [0.1, 0.15) is 11.6 Å². The molecule has 0 bridgehead atoms. The summed E-state index contributed by atoms with van der Waals surface area (Å²) in [6.45, 7) is 2.16. The summed E-state index contributed by atoms with van der Waals surface area (Å²) in [6.07, 6.45) is 0.174. The van der Waals surface area contributed by atoms with E-state index < -0.39 is 35.3 Å². The van der Waals surface area contributed by atoms with E-state index in [1.807, 2.05) is 54.6 Å².